The number of nitrogens with one attached hydrogen (secondary N) is 1. The highest BCUT2D eigenvalue weighted by Gasteiger charge is 2.11. The molecule has 0 aliphatic rings. The quantitative estimate of drug-likeness (QED) is 0.799. The maximum atomic E-state index is 13.2. The molecule has 2 aromatic heterocycles. The maximum Gasteiger partial charge on any atom is 0.265 e. The van der Waals surface area contributed by atoms with Gasteiger partial charge in [-0.1, -0.05) is 0 Å². The van der Waals surface area contributed by atoms with Gasteiger partial charge in [0.25, 0.3) is 5.88 Å². The van der Waals surface area contributed by atoms with Gasteiger partial charge in [-0.3, -0.25) is 4.40 Å². The summed E-state index contributed by atoms with van der Waals surface area (Å²) in [7, 11) is 1.71. The predicted molar refractivity (Wildman–Crippen MR) is 69.0 cm³/mol. The monoisotopic (exact) mass is 276 g/mol. The van der Waals surface area contributed by atoms with Crippen molar-refractivity contribution in [1.29, 1.82) is 0 Å². The Hall–Kier alpha value is -2.70. The third kappa shape index (κ3) is 2.25. The van der Waals surface area contributed by atoms with Gasteiger partial charge in [0.1, 0.15) is 23.2 Å². The molecule has 7 heteroatoms. The van der Waals surface area contributed by atoms with Gasteiger partial charge in [-0.2, -0.15) is 4.98 Å². The molecule has 1 aromatic carbocycles. The van der Waals surface area contributed by atoms with E-state index in [2.05, 4.69) is 15.3 Å². The van der Waals surface area contributed by atoms with Crippen molar-refractivity contribution < 1.29 is 13.5 Å². The molecule has 3 aromatic rings. The fraction of sp³-hybridized carbons (Fsp3) is 0.0769. The molecular formula is C13H10F2N4O. The second kappa shape index (κ2) is 4.76. The fourth-order valence-corrected chi connectivity index (χ4v) is 1.79. The summed E-state index contributed by atoms with van der Waals surface area (Å²) in [6.07, 6.45) is 5.02. The average molecular weight is 276 g/mol. The number of rotatable bonds is 3. The molecule has 0 radical (unpaired) electrons. The van der Waals surface area contributed by atoms with Crippen molar-refractivity contribution in [3.05, 3.63) is 48.4 Å². The van der Waals surface area contributed by atoms with E-state index in [4.69, 9.17) is 4.74 Å². The smallest absolute Gasteiger partial charge is 0.265 e. The third-order valence-electron chi connectivity index (χ3n) is 2.65. The normalized spacial score (nSPS) is 10.8. The molecule has 0 fully saturated rings. The minimum absolute atomic E-state index is 0.0214. The number of imidazole rings is 1. The van der Waals surface area contributed by atoms with Crippen molar-refractivity contribution >= 4 is 11.5 Å². The van der Waals surface area contributed by atoms with Crippen LogP contribution in [0.25, 0.3) is 5.65 Å². The predicted octanol–water partition coefficient (Wildman–Crippen LogP) is 2.84. The van der Waals surface area contributed by atoms with Crippen LogP contribution in [0.4, 0.5) is 14.6 Å². The van der Waals surface area contributed by atoms with Crippen molar-refractivity contribution in [2.24, 2.45) is 0 Å². The van der Waals surface area contributed by atoms with Gasteiger partial charge in [0.15, 0.2) is 0 Å². The van der Waals surface area contributed by atoms with Crippen LogP contribution in [0.2, 0.25) is 0 Å². The zero-order chi connectivity index (χ0) is 14.1. The summed E-state index contributed by atoms with van der Waals surface area (Å²) in [5.41, 5.74) is 0.452. The van der Waals surface area contributed by atoms with E-state index in [0.717, 1.165) is 18.2 Å². The Kier molecular flexibility index (Phi) is 2.94. The van der Waals surface area contributed by atoms with Crippen LogP contribution >= 0.6 is 0 Å². The lowest BCUT2D eigenvalue weighted by Gasteiger charge is -2.08. The summed E-state index contributed by atoms with van der Waals surface area (Å²) in [5, 5.41) is 2.87. The molecule has 0 bridgehead atoms. The van der Waals surface area contributed by atoms with Gasteiger partial charge >= 0.3 is 0 Å². The van der Waals surface area contributed by atoms with Crippen LogP contribution < -0.4 is 10.1 Å². The molecule has 1 N–H and O–H groups in total. The number of benzene rings is 1. The van der Waals surface area contributed by atoms with Crippen LogP contribution in [-0.2, 0) is 0 Å². The van der Waals surface area contributed by atoms with E-state index in [1.54, 1.807) is 30.0 Å². The van der Waals surface area contributed by atoms with E-state index in [1.165, 1.54) is 0 Å². The summed E-state index contributed by atoms with van der Waals surface area (Å²) in [5.74, 6) is -0.712. The highest BCUT2D eigenvalue weighted by atomic mass is 19.1. The van der Waals surface area contributed by atoms with E-state index in [9.17, 15) is 8.78 Å². The average Bonchev–Trinajstić information content (AvgIpc) is 2.85. The molecule has 0 amide bonds. The van der Waals surface area contributed by atoms with Gasteiger partial charge in [-0.25, -0.2) is 13.8 Å². The molecule has 20 heavy (non-hydrogen) atoms. The number of hydrogen-bond acceptors (Lipinski definition) is 4. The first kappa shape index (κ1) is 12.3. The number of hydrogen-bond donors (Lipinski definition) is 1. The van der Waals surface area contributed by atoms with E-state index < -0.39 is 11.6 Å². The Bertz CT molecular complexity index is 752. The fourth-order valence-electron chi connectivity index (χ4n) is 1.79. The van der Waals surface area contributed by atoms with Gasteiger partial charge in [0.2, 0.25) is 5.65 Å². The van der Waals surface area contributed by atoms with Crippen molar-refractivity contribution in [2.75, 3.05) is 12.4 Å². The minimum atomic E-state index is -0.718. The standard InChI is InChI=1S/C13H10F2N4O/c1-16-11-7-19-3-2-17-12(19)13(18-11)20-10-5-8(14)4-9(15)6-10/h2-7,16H,1H3. The van der Waals surface area contributed by atoms with Gasteiger partial charge in [-0.15, -0.1) is 0 Å². The minimum Gasteiger partial charge on any atom is -0.436 e. The number of ether oxygens (including phenoxy) is 1. The first-order valence-electron chi connectivity index (χ1n) is 5.81. The highest BCUT2D eigenvalue weighted by Crippen LogP contribution is 2.26. The molecule has 2 heterocycles. The topological polar surface area (TPSA) is 51.5 Å². The van der Waals surface area contributed by atoms with Crippen LogP contribution in [0.1, 0.15) is 0 Å². The van der Waals surface area contributed by atoms with Gasteiger partial charge in [0, 0.05) is 37.6 Å². The Morgan fingerprint density at radius 1 is 1.20 bits per heavy atom. The van der Waals surface area contributed by atoms with Crippen molar-refractivity contribution in [2.45, 2.75) is 0 Å². The highest BCUT2D eigenvalue weighted by molar-refractivity contribution is 5.54. The molecule has 5 nitrogen and oxygen atoms in total. The third-order valence-corrected chi connectivity index (χ3v) is 2.65. The molecule has 0 saturated carbocycles. The van der Waals surface area contributed by atoms with E-state index in [1.807, 2.05) is 0 Å². The Morgan fingerprint density at radius 2 is 1.95 bits per heavy atom. The van der Waals surface area contributed by atoms with Gasteiger partial charge < -0.3 is 10.1 Å². The molecule has 0 unspecified atom stereocenters. The van der Waals surface area contributed by atoms with Gasteiger partial charge in [0.05, 0.1) is 6.20 Å². The molecular weight excluding hydrogens is 266 g/mol. The summed E-state index contributed by atoms with van der Waals surface area (Å²) in [6, 6.07) is 2.93. The van der Waals surface area contributed by atoms with Crippen molar-refractivity contribution in [3.8, 4) is 11.6 Å². The van der Waals surface area contributed by atoms with Crippen LogP contribution in [-0.4, -0.2) is 21.4 Å². The largest absolute Gasteiger partial charge is 0.436 e. The maximum absolute atomic E-state index is 13.2. The summed E-state index contributed by atoms with van der Waals surface area (Å²) in [6.45, 7) is 0. The van der Waals surface area contributed by atoms with E-state index in [-0.39, 0.29) is 11.6 Å². The zero-order valence-electron chi connectivity index (χ0n) is 10.5. The molecule has 0 atom stereocenters. The molecule has 0 aliphatic heterocycles. The molecule has 0 saturated heterocycles. The Morgan fingerprint density at radius 3 is 2.65 bits per heavy atom. The lowest BCUT2D eigenvalue weighted by atomic mass is 10.3. The summed E-state index contributed by atoms with van der Waals surface area (Å²) >= 11 is 0. The number of aromatic nitrogens is 3. The van der Waals surface area contributed by atoms with Gasteiger partial charge in [-0.05, 0) is 0 Å². The SMILES string of the molecule is CNc1cn2ccnc2c(Oc2cc(F)cc(F)c2)n1. The molecule has 3 rings (SSSR count). The molecule has 102 valence electrons. The molecule has 0 spiro atoms. The van der Waals surface area contributed by atoms with E-state index in [0.29, 0.717) is 11.5 Å². The lowest BCUT2D eigenvalue weighted by Crippen LogP contribution is -2.00. The van der Waals surface area contributed by atoms with Crippen LogP contribution in [0.5, 0.6) is 11.6 Å². The molecule has 0 aliphatic carbocycles. The van der Waals surface area contributed by atoms with Crippen LogP contribution in [0, 0.1) is 11.6 Å². The van der Waals surface area contributed by atoms with Crippen LogP contribution in [0.15, 0.2) is 36.8 Å². The first-order valence-corrected chi connectivity index (χ1v) is 5.81. The first-order chi connectivity index (χ1) is 9.65. The van der Waals surface area contributed by atoms with Crippen LogP contribution in [0.3, 0.4) is 0 Å². The number of halogens is 2. The Labute approximate surface area is 112 Å². The van der Waals surface area contributed by atoms with Crippen molar-refractivity contribution in [1.82, 2.24) is 14.4 Å². The lowest BCUT2D eigenvalue weighted by molar-refractivity contribution is 0.454. The second-order valence-electron chi connectivity index (χ2n) is 4.05. The number of nitrogens with zero attached hydrogens (tertiary/aromatic N) is 3. The number of anilines is 1. The number of fused-ring (bicyclic) bond motifs is 1. The van der Waals surface area contributed by atoms with E-state index >= 15 is 0 Å². The summed E-state index contributed by atoms with van der Waals surface area (Å²) in [4.78, 5) is 8.28. The second-order valence-corrected chi connectivity index (χ2v) is 4.05. The van der Waals surface area contributed by atoms with Crippen molar-refractivity contribution in [3.63, 3.8) is 0 Å². The zero-order valence-corrected chi connectivity index (χ0v) is 10.5. The summed E-state index contributed by atoms with van der Waals surface area (Å²) < 4.78 is 33.5. The Balaban J connectivity index is 2.07.